The molecule has 0 saturated carbocycles. The van der Waals surface area contributed by atoms with Gasteiger partial charge in [0.2, 0.25) is 0 Å². The third kappa shape index (κ3) is 5.15. The van der Waals surface area contributed by atoms with E-state index in [1.54, 1.807) is 0 Å². The molecule has 2 rings (SSSR count). The molecule has 2 aromatic rings. The van der Waals surface area contributed by atoms with E-state index in [4.69, 9.17) is 0 Å². The van der Waals surface area contributed by atoms with Gasteiger partial charge in [-0.1, -0.05) is 30.3 Å². The van der Waals surface area contributed by atoms with Crippen molar-refractivity contribution in [1.29, 1.82) is 0 Å². The van der Waals surface area contributed by atoms with Gasteiger partial charge in [0.1, 0.15) is 0 Å². The highest BCUT2D eigenvalue weighted by Crippen LogP contribution is 2.02. The molecule has 1 N–H and O–H groups in total. The van der Waals surface area contributed by atoms with Gasteiger partial charge in [-0.25, -0.2) is 0 Å². The van der Waals surface area contributed by atoms with Gasteiger partial charge in [0.05, 0.1) is 5.69 Å². The van der Waals surface area contributed by atoms with Crippen molar-refractivity contribution in [1.82, 2.24) is 20.0 Å². The minimum atomic E-state index is 0.850. The van der Waals surface area contributed by atoms with E-state index in [1.165, 1.54) is 5.56 Å². The lowest BCUT2D eigenvalue weighted by Crippen LogP contribution is -2.23. The van der Waals surface area contributed by atoms with E-state index in [9.17, 15) is 0 Å². The van der Waals surface area contributed by atoms with Gasteiger partial charge in [0.25, 0.3) is 0 Å². The summed E-state index contributed by atoms with van der Waals surface area (Å²) in [6, 6.07) is 12.7. The summed E-state index contributed by atoms with van der Waals surface area (Å²) in [5, 5.41) is 7.77. The lowest BCUT2D eigenvalue weighted by atomic mass is 10.2. The number of hydrogen-bond acceptors (Lipinski definition) is 3. The number of nitrogens with one attached hydrogen (secondary N) is 1. The van der Waals surface area contributed by atoms with Crippen LogP contribution in [0.4, 0.5) is 0 Å². The highest BCUT2D eigenvalue weighted by atomic mass is 15.3. The van der Waals surface area contributed by atoms with Crippen LogP contribution in [0.1, 0.15) is 17.7 Å². The fraction of sp³-hybridized carbons (Fsp3) is 0.438. The number of benzene rings is 1. The van der Waals surface area contributed by atoms with E-state index in [-0.39, 0.29) is 0 Å². The molecule has 0 atom stereocenters. The van der Waals surface area contributed by atoms with Gasteiger partial charge in [-0.15, -0.1) is 0 Å². The molecule has 0 unspecified atom stereocenters. The van der Waals surface area contributed by atoms with E-state index < -0.39 is 0 Å². The molecule has 1 aromatic carbocycles. The van der Waals surface area contributed by atoms with Gasteiger partial charge < -0.3 is 10.2 Å². The summed E-state index contributed by atoms with van der Waals surface area (Å²) in [5.74, 6) is 0. The van der Waals surface area contributed by atoms with Crippen LogP contribution in [0.25, 0.3) is 0 Å². The first-order valence-corrected chi connectivity index (χ1v) is 7.16. The zero-order chi connectivity index (χ0) is 14.2. The summed E-state index contributed by atoms with van der Waals surface area (Å²) in [6.45, 7) is 3.99. The molecule has 0 bridgehead atoms. The smallest absolute Gasteiger partial charge is 0.0762 e. The van der Waals surface area contributed by atoms with Crippen LogP contribution < -0.4 is 5.32 Å². The Morgan fingerprint density at radius 1 is 1.20 bits per heavy atom. The van der Waals surface area contributed by atoms with Crippen LogP contribution >= 0.6 is 0 Å². The fourth-order valence-corrected chi connectivity index (χ4v) is 2.22. The van der Waals surface area contributed by atoms with Crippen molar-refractivity contribution in [2.24, 2.45) is 7.05 Å². The normalized spacial score (nSPS) is 11.2. The van der Waals surface area contributed by atoms with Crippen LogP contribution in [0.2, 0.25) is 0 Å². The molecule has 0 saturated heterocycles. The maximum absolute atomic E-state index is 4.34. The second-order valence-corrected chi connectivity index (χ2v) is 5.23. The highest BCUT2D eigenvalue weighted by molar-refractivity contribution is 5.14. The van der Waals surface area contributed by atoms with Crippen LogP contribution in [0.5, 0.6) is 0 Å². The maximum atomic E-state index is 4.34. The average Bonchev–Trinajstić information content (AvgIpc) is 2.85. The van der Waals surface area contributed by atoms with Crippen molar-refractivity contribution < 1.29 is 0 Å². The molecule has 1 aromatic heterocycles. The summed E-state index contributed by atoms with van der Waals surface area (Å²) in [7, 11) is 4.12. The quantitative estimate of drug-likeness (QED) is 0.747. The second kappa shape index (κ2) is 7.82. The Bertz CT molecular complexity index is 492. The van der Waals surface area contributed by atoms with Crippen molar-refractivity contribution in [2.45, 2.75) is 19.5 Å². The van der Waals surface area contributed by atoms with Crippen molar-refractivity contribution in [3.05, 3.63) is 53.9 Å². The van der Waals surface area contributed by atoms with Crippen LogP contribution in [-0.2, 0) is 20.1 Å². The molecule has 0 fully saturated rings. The number of nitrogens with zero attached hydrogens (tertiary/aromatic N) is 3. The van der Waals surface area contributed by atoms with E-state index in [1.807, 2.05) is 17.9 Å². The summed E-state index contributed by atoms with van der Waals surface area (Å²) in [6.07, 6.45) is 3.13. The standard InChI is InChI=1S/C16H24N4/c1-19(14-15-7-4-3-5-8-15)11-6-10-17-13-16-9-12-20(2)18-16/h3-5,7-9,12,17H,6,10-11,13-14H2,1-2H3. The predicted octanol–water partition coefficient (Wildman–Crippen LogP) is 2.03. The molecule has 4 nitrogen and oxygen atoms in total. The van der Waals surface area contributed by atoms with Crippen LogP contribution in [0.15, 0.2) is 42.6 Å². The van der Waals surface area contributed by atoms with Gasteiger partial charge in [-0.05, 0) is 38.2 Å². The Morgan fingerprint density at radius 3 is 2.70 bits per heavy atom. The number of rotatable bonds is 8. The fourth-order valence-electron chi connectivity index (χ4n) is 2.22. The van der Waals surface area contributed by atoms with Crippen molar-refractivity contribution in [3.63, 3.8) is 0 Å². The van der Waals surface area contributed by atoms with Crippen molar-refractivity contribution in [2.75, 3.05) is 20.1 Å². The number of aromatic nitrogens is 2. The zero-order valence-electron chi connectivity index (χ0n) is 12.4. The van der Waals surface area contributed by atoms with E-state index in [0.29, 0.717) is 0 Å². The van der Waals surface area contributed by atoms with E-state index >= 15 is 0 Å². The molecular weight excluding hydrogens is 248 g/mol. The molecule has 20 heavy (non-hydrogen) atoms. The van der Waals surface area contributed by atoms with Gasteiger partial charge >= 0.3 is 0 Å². The van der Waals surface area contributed by atoms with Crippen LogP contribution in [0.3, 0.4) is 0 Å². The van der Waals surface area contributed by atoms with E-state index in [2.05, 4.69) is 58.8 Å². The number of aryl methyl sites for hydroxylation is 1. The topological polar surface area (TPSA) is 33.1 Å². The van der Waals surface area contributed by atoms with Crippen LogP contribution in [-0.4, -0.2) is 34.8 Å². The molecule has 0 aliphatic rings. The summed E-state index contributed by atoms with van der Waals surface area (Å²) < 4.78 is 1.84. The third-order valence-corrected chi connectivity index (χ3v) is 3.26. The van der Waals surface area contributed by atoms with E-state index in [0.717, 1.165) is 38.3 Å². The molecule has 0 amide bonds. The molecule has 0 spiro atoms. The largest absolute Gasteiger partial charge is 0.311 e. The predicted molar refractivity (Wildman–Crippen MR) is 82.3 cm³/mol. The van der Waals surface area contributed by atoms with Crippen molar-refractivity contribution >= 4 is 0 Å². The molecule has 0 aliphatic carbocycles. The molecular formula is C16H24N4. The Hall–Kier alpha value is -1.65. The molecule has 108 valence electrons. The van der Waals surface area contributed by atoms with Gasteiger partial charge in [-0.3, -0.25) is 4.68 Å². The third-order valence-electron chi connectivity index (χ3n) is 3.26. The minimum absolute atomic E-state index is 0.850. The SMILES string of the molecule is CN(CCCNCc1ccn(C)n1)Cc1ccccc1. The summed E-state index contributed by atoms with van der Waals surface area (Å²) >= 11 is 0. The Labute approximate surface area is 121 Å². The first-order valence-electron chi connectivity index (χ1n) is 7.16. The van der Waals surface area contributed by atoms with Gasteiger partial charge in [0, 0.05) is 26.3 Å². The monoisotopic (exact) mass is 272 g/mol. The van der Waals surface area contributed by atoms with Crippen molar-refractivity contribution in [3.8, 4) is 0 Å². The Kier molecular flexibility index (Phi) is 5.77. The summed E-state index contributed by atoms with van der Waals surface area (Å²) in [4.78, 5) is 2.36. The van der Waals surface area contributed by atoms with Gasteiger partial charge in [0.15, 0.2) is 0 Å². The Balaban J connectivity index is 1.56. The van der Waals surface area contributed by atoms with Crippen LogP contribution in [0, 0.1) is 0 Å². The average molecular weight is 272 g/mol. The summed E-state index contributed by atoms with van der Waals surface area (Å²) in [5.41, 5.74) is 2.47. The first kappa shape index (κ1) is 14.8. The minimum Gasteiger partial charge on any atom is -0.311 e. The molecule has 0 aliphatic heterocycles. The molecule has 0 radical (unpaired) electrons. The first-order chi connectivity index (χ1) is 9.74. The maximum Gasteiger partial charge on any atom is 0.0762 e. The highest BCUT2D eigenvalue weighted by Gasteiger charge is 2.00. The second-order valence-electron chi connectivity index (χ2n) is 5.23. The lowest BCUT2D eigenvalue weighted by Gasteiger charge is -2.16. The Morgan fingerprint density at radius 2 is 2.00 bits per heavy atom. The lowest BCUT2D eigenvalue weighted by molar-refractivity contribution is 0.319. The number of hydrogen-bond donors (Lipinski definition) is 1. The van der Waals surface area contributed by atoms with Gasteiger partial charge in [-0.2, -0.15) is 5.10 Å². The zero-order valence-corrected chi connectivity index (χ0v) is 12.4. The molecule has 1 heterocycles. The molecule has 4 heteroatoms.